The number of ether oxygens (including phenoxy) is 1. The van der Waals surface area contributed by atoms with Crippen LogP contribution in [0.3, 0.4) is 0 Å². The van der Waals surface area contributed by atoms with E-state index >= 15 is 0 Å². The molecule has 0 unspecified atom stereocenters. The number of H-pyrrole nitrogens is 1. The van der Waals surface area contributed by atoms with E-state index < -0.39 is 10.0 Å². The van der Waals surface area contributed by atoms with E-state index in [1.165, 1.54) is 4.31 Å². The molecule has 0 saturated carbocycles. The summed E-state index contributed by atoms with van der Waals surface area (Å²) in [5, 5.41) is 1.74. The molecule has 0 aliphatic carbocycles. The van der Waals surface area contributed by atoms with E-state index in [0.29, 0.717) is 30.3 Å². The van der Waals surface area contributed by atoms with E-state index in [9.17, 15) is 8.42 Å². The fourth-order valence-electron chi connectivity index (χ4n) is 3.61. The van der Waals surface area contributed by atoms with Gasteiger partial charge in [-0.15, -0.1) is 0 Å². The Morgan fingerprint density at radius 2 is 1.90 bits per heavy atom. The Kier molecular flexibility index (Phi) is 5.42. The molecule has 7 heteroatoms. The van der Waals surface area contributed by atoms with Crippen molar-refractivity contribution in [2.24, 2.45) is 0 Å². The lowest BCUT2D eigenvalue weighted by Gasteiger charge is -2.26. The van der Waals surface area contributed by atoms with Gasteiger partial charge in [0.15, 0.2) is 0 Å². The fraction of sp³-hybridized carbons (Fsp3) is 0.273. The van der Waals surface area contributed by atoms with Gasteiger partial charge in [-0.05, 0) is 56.2 Å². The van der Waals surface area contributed by atoms with E-state index in [1.807, 2.05) is 44.3 Å². The van der Waals surface area contributed by atoms with Crippen LogP contribution >= 0.6 is 11.6 Å². The van der Waals surface area contributed by atoms with Crippen LogP contribution in [0.5, 0.6) is 5.75 Å². The van der Waals surface area contributed by atoms with Crippen LogP contribution in [0.2, 0.25) is 5.02 Å². The van der Waals surface area contributed by atoms with Crippen LogP contribution in [-0.4, -0.2) is 36.9 Å². The number of sulfonamides is 1. The van der Waals surface area contributed by atoms with Crippen LogP contribution < -0.4 is 4.74 Å². The monoisotopic (exact) mass is 430 g/mol. The lowest BCUT2D eigenvalue weighted by atomic mass is 10.00. The van der Waals surface area contributed by atoms with Crippen LogP contribution in [0.4, 0.5) is 0 Å². The Labute approximate surface area is 176 Å². The number of halogens is 1. The number of aromatic nitrogens is 1. The second-order valence-corrected chi connectivity index (χ2v) is 9.69. The van der Waals surface area contributed by atoms with Gasteiger partial charge in [-0.25, -0.2) is 8.42 Å². The molecule has 0 atom stereocenters. The topological polar surface area (TPSA) is 62.4 Å². The van der Waals surface area contributed by atoms with Crippen molar-refractivity contribution in [1.82, 2.24) is 9.29 Å². The predicted octanol–water partition coefficient (Wildman–Crippen LogP) is 5.09. The summed E-state index contributed by atoms with van der Waals surface area (Å²) in [5.41, 5.74) is 3.12. The number of nitrogens with one attached hydrogen (secondary N) is 1. The van der Waals surface area contributed by atoms with Gasteiger partial charge in [0, 0.05) is 30.2 Å². The Morgan fingerprint density at radius 3 is 2.55 bits per heavy atom. The Balaban J connectivity index is 1.54. The van der Waals surface area contributed by atoms with Gasteiger partial charge in [-0.1, -0.05) is 29.8 Å². The van der Waals surface area contributed by atoms with Gasteiger partial charge in [0.05, 0.1) is 21.5 Å². The first-order chi connectivity index (χ1) is 13.9. The normalized spacial score (nSPS) is 15.7. The van der Waals surface area contributed by atoms with Crippen molar-refractivity contribution in [3.8, 4) is 5.75 Å². The minimum Gasteiger partial charge on any atom is -0.491 e. The van der Waals surface area contributed by atoms with Gasteiger partial charge >= 0.3 is 0 Å². The van der Waals surface area contributed by atoms with Crippen molar-refractivity contribution in [1.29, 1.82) is 0 Å². The molecule has 4 rings (SSSR count). The molecule has 0 radical (unpaired) electrons. The average Bonchev–Trinajstić information content (AvgIpc) is 3.13. The van der Waals surface area contributed by atoms with Gasteiger partial charge in [-0.2, -0.15) is 4.31 Å². The molecule has 5 nitrogen and oxygen atoms in total. The molecule has 1 N–H and O–H groups in total. The number of para-hydroxylation sites is 1. The van der Waals surface area contributed by atoms with Gasteiger partial charge < -0.3 is 9.72 Å². The number of hydrogen-bond donors (Lipinski definition) is 1. The maximum atomic E-state index is 13.0. The molecule has 0 bridgehead atoms. The largest absolute Gasteiger partial charge is 0.491 e. The zero-order chi connectivity index (χ0) is 20.6. The third-order valence-electron chi connectivity index (χ3n) is 5.02. The van der Waals surface area contributed by atoms with Crippen LogP contribution in [0.1, 0.15) is 25.8 Å². The summed E-state index contributed by atoms with van der Waals surface area (Å²) in [6.45, 7) is 4.65. The lowest BCUT2D eigenvalue weighted by Crippen LogP contribution is -2.34. The highest BCUT2D eigenvalue weighted by Gasteiger charge is 2.27. The van der Waals surface area contributed by atoms with E-state index in [1.54, 1.807) is 24.3 Å². The van der Waals surface area contributed by atoms with Crippen molar-refractivity contribution in [2.45, 2.75) is 31.3 Å². The smallest absolute Gasteiger partial charge is 0.243 e. The maximum absolute atomic E-state index is 13.0. The number of aromatic amines is 1. The highest BCUT2D eigenvalue weighted by atomic mass is 35.5. The predicted molar refractivity (Wildman–Crippen MR) is 117 cm³/mol. The zero-order valence-electron chi connectivity index (χ0n) is 16.4. The summed E-state index contributed by atoms with van der Waals surface area (Å²) >= 11 is 6.25. The first-order valence-electron chi connectivity index (χ1n) is 9.58. The van der Waals surface area contributed by atoms with Crippen molar-refractivity contribution in [3.63, 3.8) is 0 Å². The molecule has 29 heavy (non-hydrogen) atoms. The molecule has 3 aromatic rings. The standard InChI is InChI=1S/C22H23ClN2O3S/c1-15(2)28-17-6-8-18(9-7-17)29(26,27)25-12-10-16(11-13-25)20-14-24-22-19(20)4-3-5-21(22)23/h3-10,14-15,24H,11-13H2,1-2H3. The minimum atomic E-state index is -3.54. The van der Waals surface area contributed by atoms with Crippen LogP contribution in [0, 0.1) is 0 Å². The quantitative estimate of drug-likeness (QED) is 0.613. The van der Waals surface area contributed by atoms with Gasteiger partial charge in [0.1, 0.15) is 5.75 Å². The van der Waals surface area contributed by atoms with Crippen molar-refractivity contribution in [3.05, 3.63) is 65.3 Å². The SMILES string of the molecule is CC(C)Oc1ccc(S(=O)(=O)N2CC=C(c3c[nH]c4c(Cl)cccc34)CC2)cc1. The van der Waals surface area contributed by atoms with Gasteiger partial charge in [0.25, 0.3) is 0 Å². The van der Waals surface area contributed by atoms with Crippen LogP contribution in [0.15, 0.2) is 59.6 Å². The summed E-state index contributed by atoms with van der Waals surface area (Å²) in [6.07, 6.45) is 4.62. The first-order valence-corrected chi connectivity index (χ1v) is 11.4. The molecule has 0 fully saturated rings. The third kappa shape index (κ3) is 3.92. The number of hydrogen-bond acceptors (Lipinski definition) is 3. The molecule has 1 aromatic heterocycles. The van der Waals surface area contributed by atoms with E-state index in [-0.39, 0.29) is 11.0 Å². The Morgan fingerprint density at radius 1 is 1.14 bits per heavy atom. The second-order valence-electron chi connectivity index (χ2n) is 7.35. The molecule has 2 heterocycles. The summed E-state index contributed by atoms with van der Waals surface area (Å²) < 4.78 is 33.1. The molecule has 1 aliphatic rings. The number of benzene rings is 2. The number of fused-ring (bicyclic) bond motifs is 1. The first kappa shape index (κ1) is 20.0. The number of nitrogens with zero attached hydrogens (tertiary/aromatic N) is 1. The molecule has 152 valence electrons. The third-order valence-corrected chi connectivity index (χ3v) is 7.21. The van der Waals surface area contributed by atoms with Gasteiger partial charge in [0.2, 0.25) is 10.0 Å². The van der Waals surface area contributed by atoms with Crippen molar-refractivity contribution in [2.75, 3.05) is 13.1 Å². The van der Waals surface area contributed by atoms with E-state index in [0.717, 1.165) is 22.0 Å². The zero-order valence-corrected chi connectivity index (χ0v) is 17.9. The minimum absolute atomic E-state index is 0.0440. The van der Waals surface area contributed by atoms with Crippen molar-refractivity contribution >= 4 is 38.1 Å². The molecule has 0 saturated heterocycles. The maximum Gasteiger partial charge on any atom is 0.243 e. The van der Waals surface area contributed by atoms with Crippen molar-refractivity contribution < 1.29 is 13.2 Å². The van der Waals surface area contributed by atoms with Crippen LogP contribution in [0.25, 0.3) is 16.5 Å². The molecular formula is C22H23ClN2O3S. The van der Waals surface area contributed by atoms with E-state index in [2.05, 4.69) is 4.98 Å². The molecule has 2 aromatic carbocycles. The molecule has 0 amide bonds. The molecule has 0 spiro atoms. The Hall–Kier alpha value is -2.28. The fourth-order valence-corrected chi connectivity index (χ4v) is 5.22. The molecule has 1 aliphatic heterocycles. The van der Waals surface area contributed by atoms with Gasteiger partial charge in [-0.3, -0.25) is 0 Å². The summed E-state index contributed by atoms with van der Waals surface area (Å²) in [7, 11) is -3.54. The van der Waals surface area contributed by atoms with E-state index in [4.69, 9.17) is 16.3 Å². The Bertz CT molecular complexity index is 1160. The summed E-state index contributed by atoms with van der Waals surface area (Å²) in [6, 6.07) is 12.4. The highest BCUT2D eigenvalue weighted by molar-refractivity contribution is 7.89. The highest BCUT2D eigenvalue weighted by Crippen LogP contribution is 2.33. The summed E-state index contributed by atoms with van der Waals surface area (Å²) in [5.74, 6) is 0.665. The average molecular weight is 431 g/mol. The molecular weight excluding hydrogens is 408 g/mol. The van der Waals surface area contributed by atoms with Crippen LogP contribution in [-0.2, 0) is 10.0 Å². The second kappa shape index (κ2) is 7.86. The number of rotatable bonds is 5. The lowest BCUT2D eigenvalue weighted by molar-refractivity contribution is 0.242. The summed E-state index contributed by atoms with van der Waals surface area (Å²) in [4.78, 5) is 3.50.